The molecule has 57 heavy (non-hydrogen) atoms. The third-order valence-electron chi connectivity index (χ3n) is 13.9. The summed E-state index contributed by atoms with van der Waals surface area (Å²) in [7, 11) is -2.80. The smallest absolute Gasteiger partial charge is 0.333 e. The van der Waals surface area contributed by atoms with Gasteiger partial charge in [-0.3, -0.25) is 0 Å². The normalized spacial score (nSPS) is 14.7. The summed E-state index contributed by atoms with van der Waals surface area (Å²) >= 11 is 0. The van der Waals surface area contributed by atoms with E-state index in [0.717, 1.165) is 16.6 Å². The second-order valence-electron chi connectivity index (χ2n) is 16.3. The molecule has 0 aliphatic carbocycles. The van der Waals surface area contributed by atoms with Crippen molar-refractivity contribution in [3.05, 3.63) is 176 Å². The first-order valence-electron chi connectivity index (χ1n) is 20.0. The molecule has 0 amide bonds. The minimum atomic E-state index is -2.80. The van der Waals surface area contributed by atoms with Crippen LogP contribution in [0.25, 0.3) is 76.8 Å². The summed E-state index contributed by atoms with van der Waals surface area (Å²) < 4.78 is 9.61. The predicted octanol–water partition coefficient (Wildman–Crippen LogP) is 8.94. The molecule has 0 bridgehead atoms. The lowest BCUT2D eigenvalue weighted by Gasteiger charge is -2.49. The van der Waals surface area contributed by atoms with Crippen molar-refractivity contribution in [1.82, 2.24) is 4.48 Å². The largest absolute Gasteiger partial charge is 0.456 e. The van der Waals surface area contributed by atoms with Crippen LogP contribution in [0.2, 0.25) is 0 Å². The Kier molecular flexibility index (Phi) is 5.04. The van der Waals surface area contributed by atoms with Gasteiger partial charge in [0, 0.05) is 44.1 Å². The van der Waals surface area contributed by atoms with Gasteiger partial charge in [0.15, 0.2) is 8.07 Å². The number of para-hydroxylation sites is 4. The Morgan fingerprint density at radius 2 is 1.11 bits per heavy atom. The van der Waals surface area contributed by atoms with E-state index in [1.807, 2.05) is 0 Å². The zero-order valence-electron chi connectivity index (χ0n) is 30.6. The van der Waals surface area contributed by atoms with Crippen molar-refractivity contribution in [2.24, 2.45) is 0 Å². The topological polar surface area (TPSA) is 21.3 Å². The SMILES string of the molecule is c1ccc2c(c1)-c1ccccc1[Si]21c2ccccc2N2c3c(cccc31)B1c3c(cc4oc5ccccc5c4c32)-c2cccc3c4cc5ccccc5cc4n1c23. The van der Waals surface area contributed by atoms with E-state index in [9.17, 15) is 0 Å². The van der Waals surface area contributed by atoms with Crippen LogP contribution in [-0.2, 0) is 0 Å². The molecule has 0 N–H and O–H groups in total. The summed E-state index contributed by atoms with van der Waals surface area (Å²) in [5, 5.41) is 13.4. The maximum atomic E-state index is 6.89. The Morgan fingerprint density at radius 3 is 1.95 bits per heavy atom. The van der Waals surface area contributed by atoms with E-state index >= 15 is 0 Å². The molecule has 0 radical (unpaired) electrons. The number of hydrogen-bond acceptors (Lipinski definition) is 2. The summed E-state index contributed by atoms with van der Waals surface area (Å²) in [5.41, 5.74) is 16.3. The number of fused-ring (bicyclic) bond motifs is 21. The van der Waals surface area contributed by atoms with Crippen LogP contribution >= 0.6 is 0 Å². The highest BCUT2D eigenvalue weighted by Crippen LogP contribution is 2.51. The highest BCUT2D eigenvalue weighted by Gasteiger charge is 2.57. The molecule has 3 nitrogen and oxygen atoms in total. The number of rotatable bonds is 0. The van der Waals surface area contributed by atoms with Crippen molar-refractivity contribution >= 4 is 118 Å². The zero-order valence-corrected chi connectivity index (χ0v) is 31.6. The van der Waals surface area contributed by atoms with E-state index < -0.39 is 8.07 Å². The average molecular weight is 737 g/mol. The lowest BCUT2D eigenvalue weighted by atomic mass is 9.45. The van der Waals surface area contributed by atoms with Crippen LogP contribution in [0.4, 0.5) is 17.1 Å². The molecular weight excluding hydrogens is 707 g/mol. The fourth-order valence-electron chi connectivity index (χ4n) is 11.9. The molecule has 15 rings (SSSR count). The molecule has 4 aliphatic rings. The van der Waals surface area contributed by atoms with Gasteiger partial charge in [-0.2, -0.15) is 0 Å². The van der Waals surface area contributed by atoms with E-state index in [4.69, 9.17) is 4.42 Å². The Hall–Kier alpha value is -7.08. The standard InChI is InChI=1S/C52H29BN2OSi/c1-2-14-31-28-41-37(27-30(31)13-1)34-18-11-19-35-38-29-43-48(36-17-3-7-22-42(36)56-43)52-49(38)53(55(41)50(34)35)39-20-12-26-47-51(39)54(52)40-21-6-10-25-46(40)57(47)44-23-8-4-15-32(44)33-16-5-9-24-45(33)57/h1-29H. The third kappa shape index (κ3) is 3.18. The van der Waals surface area contributed by atoms with Gasteiger partial charge in [-0.25, -0.2) is 0 Å². The van der Waals surface area contributed by atoms with Crippen molar-refractivity contribution in [3.63, 3.8) is 0 Å². The van der Waals surface area contributed by atoms with Crippen LogP contribution in [0.5, 0.6) is 0 Å². The summed E-state index contributed by atoms with van der Waals surface area (Å²) in [6.45, 7) is -0.0569. The quantitative estimate of drug-likeness (QED) is 0.145. The molecule has 0 fully saturated rings. The molecule has 9 aromatic carbocycles. The molecule has 1 spiro atoms. The molecule has 6 heterocycles. The molecule has 260 valence electrons. The molecule has 5 heteroatoms. The fraction of sp³-hybridized carbons (Fsp3) is 0. The summed E-state index contributed by atoms with van der Waals surface area (Å²) in [5.74, 6) is 0. The van der Waals surface area contributed by atoms with Crippen molar-refractivity contribution in [2.45, 2.75) is 0 Å². The van der Waals surface area contributed by atoms with E-state index in [1.54, 1.807) is 0 Å². The molecule has 11 aromatic rings. The lowest BCUT2D eigenvalue weighted by Crippen LogP contribution is -2.77. The van der Waals surface area contributed by atoms with Gasteiger partial charge in [0.05, 0.1) is 11.1 Å². The summed E-state index contributed by atoms with van der Waals surface area (Å²) in [6.07, 6.45) is 0. The third-order valence-corrected chi connectivity index (χ3v) is 18.8. The first-order valence-corrected chi connectivity index (χ1v) is 22.0. The maximum Gasteiger partial charge on any atom is 0.333 e. The first kappa shape index (κ1) is 29.2. The van der Waals surface area contributed by atoms with Gasteiger partial charge in [0.2, 0.25) is 0 Å². The van der Waals surface area contributed by atoms with Crippen molar-refractivity contribution in [3.8, 4) is 22.3 Å². The molecule has 2 aromatic heterocycles. The Labute approximate surface area is 328 Å². The van der Waals surface area contributed by atoms with Crippen LogP contribution in [0.3, 0.4) is 0 Å². The minimum absolute atomic E-state index is 0.0569. The van der Waals surface area contributed by atoms with Crippen LogP contribution in [0, 0.1) is 0 Å². The number of benzene rings is 9. The molecular formula is C52H29BN2OSi. The number of furan rings is 1. The fourth-order valence-corrected chi connectivity index (χ4v) is 17.5. The van der Waals surface area contributed by atoms with Crippen LogP contribution in [0.1, 0.15) is 0 Å². The monoisotopic (exact) mass is 736 g/mol. The predicted molar refractivity (Wildman–Crippen MR) is 241 cm³/mol. The highest BCUT2D eigenvalue weighted by atomic mass is 28.3. The molecule has 0 unspecified atom stereocenters. The second-order valence-corrected chi connectivity index (χ2v) is 19.9. The van der Waals surface area contributed by atoms with Gasteiger partial charge >= 0.3 is 6.85 Å². The Morgan fingerprint density at radius 1 is 0.456 bits per heavy atom. The van der Waals surface area contributed by atoms with E-state index in [2.05, 4.69) is 185 Å². The molecule has 0 atom stereocenters. The number of nitrogens with zero attached hydrogens (tertiary/aromatic N) is 2. The first-order chi connectivity index (χ1) is 28.3. The van der Waals surface area contributed by atoms with E-state index in [-0.39, 0.29) is 6.85 Å². The number of anilines is 3. The molecule has 0 saturated carbocycles. The van der Waals surface area contributed by atoms with Gasteiger partial charge in [0.25, 0.3) is 0 Å². The Bertz CT molecular complexity index is 3640. The highest BCUT2D eigenvalue weighted by molar-refractivity contribution is 7.24. The zero-order chi connectivity index (χ0) is 36.7. The van der Waals surface area contributed by atoms with Gasteiger partial charge in [0.1, 0.15) is 11.2 Å². The summed E-state index contributed by atoms with van der Waals surface area (Å²) in [6, 6.07) is 66.8. The van der Waals surface area contributed by atoms with Gasteiger partial charge in [-0.05, 0) is 89.5 Å². The van der Waals surface area contributed by atoms with Crippen LogP contribution in [-0.4, -0.2) is 19.4 Å². The maximum absolute atomic E-state index is 6.89. The second kappa shape index (κ2) is 9.83. The lowest BCUT2D eigenvalue weighted by molar-refractivity contribution is 0.669. The molecule has 4 aliphatic heterocycles. The van der Waals surface area contributed by atoms with Crippen LogP contribution in [0.15, 0.2) is 180 Å². The molecule has 0 saturated heterocycles. The minimum Gasteiger partial charge on any atom is -0.456 e. The number of aromatic nitrogens is 1. The Balaban J connectivity index is 1.19. The van der Waals surface area contributed by atoms with Gasteiger partial charge < -0.3 is 13.8 Å². The van der Waals surface area contributed by atoms with Gasteiger partial charge in [-0.1, -0.05) is 146 Å². The summed E-state index contributed by atoms with van der Waals surface area (Å²) in [4.78, 5) is 2.67. The number of hydrogen-bond donors (Lipinski definition) is 0. The van der Waals surface area contributed by atoms with Gasteiger partial charge in [-0.15, -0.1) is 0 Å². The van der Waals surface area contributed by atoms with Crippen LogP contribution < -0.4 is 36.6 Å². The van der Waals surface area contributed by atoms with E-state index in [0.29, 0.717) is 0 Å². The van der Waals surface area contributed by atoms with Crippen molar-refractivity contribution in [2.75, 3.05) is 4.90 Å². The van der Waals surface area contributed by atoms with E-state index in [1.165, 1.54) is 109 Å². The van der Waals surface area contributed by atoms with Crippen molar-refractivity contribution < 1.29 is 4.42 Å². The van der Waals surface area contributed by atoms with Crippen molar-refractivity contribution in [1.29, 1.82) is 0 Å². The average Bonchev–Trinajstić information content (AvgIpc) is 3.90.